The summed E-state index contributed by atoms with van der Waals surface area (Å²) in [5.74, 6) is 0. The minimum atomic E-state index is -0.186. The Hall–Kier alpha value is -1.59. The van der Waals surface area contributed by atoms with E-state index in [2.05, 4.69) is 12.6 Å². The number of epoxide rings is 1. The van der Waals surface area contributed by atoms with Crippen LogP contribution in [0.1, 0.15) is 17.5 Å². The first-order chi connectivity index (χ1) is 6.80. The molecule has 1 aliphatic rings. The number of hydrogen-bond acceptors (Lipinski definition) is 2. The largest absolute Gasteiger partial charge is 0.364 e. The highest BCUT2D eigenvalue weighted by Gasteiger charge is 2.45. The maximum absolute atomic E-state index is 8.77. The van der Waals surface area contributed by atoms with Gasteiger partial charge in [-0.1, -0.05) is 18.2 Å². The second-order valence-electron chi connectivity index (χ2n) is 3.47. The molecule has 0 radical (unpaired) electrons. The van der Waals surface area contributed by atoms with Gasteiger partial charge in [-0.3, -0.25) is 0 Å². The highest BCUT2D eigenvalue weighted by atomic mass is 16.6. The molecule has 0 aromatic heterocycles. The molecule has 1 aromatic rings. The Bertz CT molecular complexity index is 399. The van der Waals surface area contributed by atoms with Crippen molar-refractivity contribution < 1.29 is 4.74 Å². The van der Waals surface area contributed by atoms with Gasteiger partial charge in [-0.25, -0.2) is 0 Å². The van der Waals surface area contributed by atoms with Crippen molar-refractivity contribution in [1.82, 2.24) is 0 Å². The van der Waals surface area contributed by atoms with E-state index in [1.165, 1.54) is 0 Å². The van der Waals surface area contributed by atoms with Crippen molar-refractivity contribution in [2.75, 3.05) is 6.61 Å². The number of ether oxygens (including phenoxy) is 1. The van der Waals surface area contributed by atoms with Gasteiger partial charge in [0.25, 0.3) is 0 Å². The van der Waals surface area contributed by atoms with Crippen molar-refractivity contribution in [3.8, 4) is 6.07 Å². The summed E-state index contributed by atoms with van der Waals surface area (Å²) in [6.45, 7) is 4.44. The second kappa shape index (κ2) is 3.28. The number of hydrogen-bond donors (Lipinski definition) is 0. The van der Waals surface area contributed by atoms with Crippen LogP contribution < -0.4 is 0 Å². The monoisotopic (exact) mass is 185 g/mol. The molecule has 1 fully saturated rings. The van der Waals surface area contributed by atoms with E-state index in [1.54, 1.807) is 6.07 Å². The Morgan fingerprint density at radius 3 is 3.00 bits per heavy atom. The smallest absolute Gasteiger partial charge is 0.120 e. The molecule has 0 aliphatic carbocycles. The van der Waals surface area contributed by atoms with Crippen molar-refractivity contribution in [1.29, 1.82) is 5.26 Å². The van der Waals surface area contributed by atoms with Gasteiger partial charge < -0.3 is 4.74 Å². The molecule has 1 aromatic carbocycles. The van der Waals surface area contributed by atoms with E-state index in [0.29, 0.717) is 5.56 Å². The van der Waals surface area contributed by atoms with Crippen LogP contribution in [0.25, 0.3) is 0 Å². The molecule has 2 rings (SSSR count). The lowest BCUT2D eigenvalue weighted by Gasteiger charge is -2.09. The Morgan fingerprint density at radius 1 is 1.64 bits per heavy atom. The van der Waals surface area contributed by atoms with Gasteiger partial charge in [0.05, 0.1) is 18.2 Å². The van der Waals surface area contributed by atoms with Crippen LogP contribution in [0.2, 0.25) is 0 Å². The zero-order chi connectivity index (χ0) is 10.0. The van der Waals surface area contributed by atoms with Crippen molar-refractivity contribution in [2.45, 2.75) is 12.0 Å². The first-order valence-corrected chi connectivity index (χ1v) is 4.56. The number of benzene rings is 1. The molecule has 1 aliphatic heterocycles. The fourth-order valence-electron chi connectivity index (χ4n) is 1.59. The predicted octanol–water partition coefficient (Wildman–Crippen LogP) is 2.36. The molecule has 70 valence electrons. The first kappa shape index (κ1) is 8.98. The van der Waals surface area contributed by atoms with E-state index in [-0.39, 0.29) is 5.60 Å². The molecule has 1 saturated heterocycles. The lowest BCUT2D eigenvalue weighted by atomic mass is 9.95. The highest BCUT2D eigenvalue weighted by molar-refractivity contribution is 5.37. The quantitative estimate of drug-likeness (QED) is 0.535. The van der Waals surface area contributed by atoms with Gasteiger partial charge in [0.2, 0.25) is 0 Å². The highest BCUT2D eigenvalue weighted by Crippen LogP contribution is 2.42. The van der Waals surface area contributed by atoms with Gasteiger partial charge in [0.15, 0.2) is 0 Å². The standard InChI is InChI=1S/C12H11NO/c1-2-6-12(9-14-12)11-5-3-4-10(7-11)8-13/h2-5,7H,1,6,9H2. The van der Waals surface area contributed by atoms with Gasteiger partial charge in [0, 0.05) is 6.42 Å². The molecule has 1 unspecified atom stereocenters. The van der Waals surface area contributed by atoms with E-state index < -0.39 is 0 Å². The van der Waals surface area contributed by atoms with E-state index in [0.717, 1.165) is 18.6 Å². The third kappa shape index (κ3) is 1.43. The summed E-state index contributed by atoms with van der Waals surface area (Å²) >= 11 is 0. The fourth-order valence-corrected chi connectivity index (χ4v) is 1.59. The fraction of sp³-hybridized carbons (Fsp3) is 0.250. The SMILES string of the molecule is C=CCC1(c2cccc(C#N)c2)CO1. The van der Waals surface area contributed by atoms with Gasteiger partial charge in [-0.15, -0.1) is 6.58 Å². The number of rotatable bonds is 3. The third-order valence-corrected chi connectivity index (χ3v) is 2.48. The molecule has 0 saturated carbocycles. The summed E-state index contributed by atoms with van der Waals surface area (Å²) in [7, 11) is 0. The Labute approximate surface area is 83.4 Å². The molecule has 2 heteroatoms. The summed E-state index contributed by atoms with van der Waals surface area (Å²) in [5.41, 5.74) is 1.58. The summed E-state index contributed by atoms with van der Waals surface area (Å²) in [6, 6.07) is 9.70. The van der Waals surface area contributed by atoms with Crippen LogP contribution in [0.3, 0.4) is 0 Å². The van der Waals surface area contributed by atoms with Crippen molar-refractivity contribution in [2.24, 2.45) is 0 Å². The molecule has 0 spiro atoms. The minimum Gasteiger partial charge on any atom is -0.364 e. The van der Waals surface area contributed by atoms with Gasteiger partial charge in [0.1, 0.15) is 5.60 Å². The molecule has 0 N–H and O–H groups in total. The van der Waals surface area contributed by atoms with Crippen molar-refractivity contribution in [3.05, 3.63) is 48.0 Å². The van der Waals surface area contributed by atoms with Crippen molar-refractivity contribution in [3.63, 3.8) is 0 Å². The van der Waals surface area contributed by atoms with E-state index in [4.69, 9.17) is 10.00 Å². The molecule has 1 heterocycles. The van der Waals surface area contributed by atoms with Crippen LogP contribution in [0, 0.1) is 11.3 Å². The predicted molar refractivity (Wildman–Crippen MR) is 53.6 cm³/mol. The normalized spacial score (nSPS) is 23.9. The summed E-state index contributed by atoms with van der Waals surface area (Å²) in [4.78, 5) is 0. The number of nitriles is 1. The van der Waals surface area contributed by atoms with Crippen molar-refractivity contribution >= 4 is 0 Å². The maximum Gasteiger partial charge on any atom is 0.120 e. The molecule has 1 atom stereocenters. The first-order valence-electron chi connectivity index (χ1n) is 4.56. The van der Waals surface area contributed by atoms with Crippen LogP contribution in [0.4, 0.5) is 0 Å². The van der Waals surface area contributed by atoms with Crippen LogP contribution in [-0.2, 0) is 10.3 Å². The van der Waals surface area contributed by atoms with E-state index >= 15 is 0 Å². The molecule has 2 nitrogen and oxygen atoms in total. The third-order valence-electron chi connectivity index (χ3n) is 2.48. The van der Waals surface area contributed by atoms with Gasteiger partial charge >= 0.3 is 0 Å². The average Bonchev–Trinajstić information content (AvgIpc) is 3.00. The second-order valence-corrected chi connectivity index (χ2v) is 3.47. The van der Waals surface area contributed by atoms with Crippen LogP contribution in [0.5, 0.6) is 0 Å². The lowest BCUT2D eigenvalue weighted by molar-refractivity contribution is 0.310. The van der Waals surface area contributed by atoms with Crippen LogP contribution >= 0.6 is 0 Å². The topological polar surface area (TPSA) is 36.3 Å². The van der Waals surface area contributed by atoms with Crippen LogP contribution in [0.15, 0.2) is 36.9 Å². The Balaban J connectivity index is 2.33. The van der Waals surface area contributed by atoms with E-state index in [9.17, 15) is 0 Å². The molecule has 0 amide bonds. The van der Waals surface area contributed by atoms with Gasteiger partial charge in [-0.05, 0) is 17.7 Å². The summed E-state index contributed by atoms with van der Waals surface area (Å²) < 4.78 is 5.44. The summed E-state index contributed by atoms with van der Waals surface area (Å²) in [6.07, 6.45) is 2.66. The van der Waals surface area contributed by atoms with Crippen LogP contribution in [-0.4, -0.2) is 6.61 Å². The zero-order valence-electron chi connectivity index (χ0n) is 7.86. The molecular weight excluding hydrogens is 174 g/mol. The number of nitrogens with zero attached hydrogens (tertiary/aromatic N) is 1. The van der Waals surface area contributed by atoms with E-state index in [1.807, 2.05) is 24.3 Å². The minimum absolute atomic E-state index is 0.186. The molecule has 14 heavy (non-hydrogen) atoms. The molecule has 0 bridgehead atoms. The van der Waals surface area contributed by atoms with Gasteiger partial charge in [-0.2, -0.15) is 5.26 Å². The maximum atomic E-state index is 8.77. The summed E-state index contributed by atoms with van der Waals surface area (Å²) in [5, 5.41) is 8.77. The average molecular weight is 185 g/mol. The Morgan fingerprint density at radius 2 is 2.43 bits per heavy atom. The lowest BCUT2D eigenvalue weighted by Crippen LogP contribution is -2.07. The Kier molecular flexibility index (Phi) is 2.11. The molecular formula is C12H11NO. The zero-order valence-corrected chi connectivity index (χ0v) is 7.86.